The fourth-order valence-electron chi connectivity index (χ4n) is 3.29. The van der Waals surface area contributed by atoms with Crippen LogP contribution in [0.1, 0.15) is 24.0 Å². The van der Waals surface area contributed by atoms with Gasteiger partial charge in [-0.25, -0.2) is 4.79 Å². The lowest BCUT2D eigenvalue weighted by Gasteiger charge is -2.22. The Morgan fingerprint density at radius 1 is 1.12 bits per heavy atom. The SMILES string of the molecule is CSc1cccc(NC(=O)N(C)Cc2ccccc2CN2CCCC2)c1. The third-order valence-electron chi connectivity index (χ3n) is 4.79. The van der Waals surface area contributed by atoms with E-state index in [9.17, 15) is 4.79 Å². The molecule has 0 spiro atoms. The Balaban J connectivity index is 1.63. The highest BCUT2D eigenvalue weighted by Gasteiger charge is 2.16. The lowest BCUT2D eigenvalue weighted by atomic mass is 10.1. The summed E-state index contributed by atoms with van der Waals surface area (Å²) in [5.41, 5.74) is 3.37. The van der Waals surface area contributed by atoms with E-state index >= 15 is 0 Å². The second-order valence-electron chi connectivity index (χ2n) is 6.77. The Hall–Kier alpha value is -1.98. The van der Waals surface area contributed by atoms with E-state index in [0.717, 1.165) is 17.1 Å². The van der Waals surface area contributed by atoms with Crippen molar-refractivity contribution in [2.45, 2.75) is 30.8 Å². The zero-order valence-electron chi connectivity index (χ0n) is 15.6. The molecule has 0 aromatic heterocycles. The van der Waals surface area contributed by atoms with Gasteiger partial charge in [-0.2, -0.15) is 0 Å². The molecular weight excluding hydrogens is 342 g/mol. The van der Waals surface area contributed by atoms with E-state index in [2.05, 4.69) is 34.5 Å². The van der Waals surface area contributed by atoms with Crippen molar-refractivity contribution in [3.63, 3.8) is 0 Å². The standard InChI is InChI=1S/C21H27N3OS/c1-23(21(25)22-19-10-7-11-20(14-19)26-2)15-17-8-3-4-9-18(17)16-24-12-5-6-13-24/h3-4,7-11,14H,5-6,12-13,15-16H2,1-2H3,(H,22,25). The first-order valence-corrected chi connectivity index (χ1v) is 10.3. The van der Waals surface area contributed by atoms with Crippen LogP contribution in [0.4, 0.5) is 10.5 Å². The van der Waals surface area contributed by atoms with Crippen molar-refractivity contribution in [2.24, 2.45) is 0 Å². The van der Waals surface area contributed by atoms with Crippen LogP contribution in [0, 0.1) is 0 Å². The molecule has 26 heavy (non-hydrogen) atoms. The summed E-state index contributed by atoms with van der Waals surface area (Å²) in [5.74, 6) is 0. The van der Waals surface area contributed by atoms with Crippen molar-refractivity contribution < 1.29 is 4.79 Å². The first-order chi connectivity index (χ1) is 12.7. The van der Waals surface area contributed by atoms with Gasteiger partial charge in [-0.1, -0.05) is 30.3 Å². The van der Waals surface area contributed by atoms with Gasteiger partial charge in [0.1, 0.15) is 0 Å². The maximum Gasteiger partial charge on any atom is 0.321 e. The van der Waals surface area contributed by atoms with Gasteiger partial charge in [-0.15, -0.1) is 11.8 Å². The van der Waals surface area contributed by atoms with Crippen LogP contribution in [0.15, 0.2) is 53.4 Å². The predicted molar refractivity (Wildman–Crippen MR) is 110 cm³/mol. The monoisotopic (exact) mass is 369 g/mol. The number of urea groups is 1. The fraction of sp³-hybridized carbons (Fsp3) is 0.381. The molecular formula is C21H27N3OS. The molecule has 0 bridgehead atoms. The van der Waals surface area contributed by atoms with Crippen LogP contribution in [0.25, 0.3) is 0 Å². The second kappa shape index (κ2) is 9.10. The summed E-state index contributed by atoms with van der Waals surface area (Å²) >= 11 is 1.67. The summed E-state index contributed by atoms with van der Waals surface area (Å²) < 4.78 is 0. The van der Waals surface area contributed by atoms with Gasteiger partial charge in [0.05, 0.1) is 0 Å². The quantitative estimate of drug-likeness (QED) is 0.752. The number of amides is 2. The van der Waals surface area contributed by atoms with Gasteiger partial charge in [-0.05, 0) is 61.5 Å². The number of thioether (sulfide) groups is 1. The molecule has 138 valence electrons. The first-order valence-electron chi connectivity index (χ1n) is 9.11. The number of nitrogens with zero attached hydrogens (tertiary/aromatic N) is 2. The fourth-order valence-corrected chi connectivity index (χ4v) is 3.75. The molecule has 0 atom stereocenters. The van der Waals surface area contributed by atoms with Crippen LogP contribution in [-0.4, -0.2) is 42.2 Å². The molecule has 1 aliphatic rings. The van der Waals surface area contributed by atoms with Gasteiger partial charge >= 0.3 is 6.03 Å². The Labute approximate surface area is 160 Å². The van der Waals surface area contributed by atoms with Crippen LogP contribution in [0.3, 0.4) is 0 Å². The lowest BCUT2D eigenvalue weighted by Crippen LogP contribution is -2.31. The number of likely N-dealkylation sites (tertiary alicyclic amines) is 1. The van der Waals surface area contributed by atoms with Crippen molar-refractivity contribution in [1.82, 2.24) is 9.80 Å². The highest BCUT2D eigenvalue weighted by molar-refractivity contribution is 7.98. The van der Waals surface area contributed by atoms with E-state index in [-0.39, 0.29) is 6.03 Å². The molecule has 0 unspecified atom stereocenters. The van der Waals surface area contributed by atoms with E-state index < -0.39 is 0 Å². The summed E-state index contributed by atoms with van der Waals surface area (Å²) in [6.07, 6.45) is 4.61. The zero-order valence-corrected chi connectivity index (χ0v) is 16.4. The number of rotatable bonds is 6. The van der Waals surface area contributed by atoms with Gasteiger partial charge in [0.25, 0.3) is 0 Å². The Morgan fingerprint density at radius 3 is 2.58 bits per heavy atom. The average Bonchev–Trinajstić information content (AvgIpc) is 3.16. The maximum absolute atomic E-state index is 12.6. The molecule has 1 heterocycles. The highest BCUT2D eigenvalue weighted by atomic mass is 32.2. The van der Waals surface area contributed by atoms with Crippen LogP contribution >= 0.6 is 11.8 Å². The third kappa shape index (κ3) is 5.02. The van der Waals surface area contributed by atoms with Crippen molar-refractivity contribution in [2.75, 3.05) is 31.7 Å². The Kier molecular flexibility index (Phi) is 6.58. The highest BCUT2D eigenvalue weighted by Crippen LogP contribution is 2.20. The molecule has 1 saturated heterocycles. The van der Waals surface area contributed by atoms with Gasteiger partial charge in [0.2, 0.25) is 0 Å². The minimum atomic E-state index is -0.0840. The normalized spacial score (nSPS) is 14.4. The first kappa shape index (κ1) is 18.8. The van der Waals surface area contributed by atoms with Gasteiger partial charge in [0.15, 0.2) is 0 Å². The molecule has 1 fully saturated rings. The van der Waals surface area contributed by atoms with Crippen LogP contribution in [-0.2, 0) is 13.1 Å². The minimum absolute atomic E-state index is 0.0840. The zero-order chi connectivity index (χ0) is 18.4. The van der Waals surface area contributed by atoms with E-state index in [0.29, 0.717) is 6.54 Å². The topological polar surface area (TPSA) is 35.6 Å². The summed E-state index contributed by atoms with van der Waals surface area (Å²) in [5, 5.41) is 2.99. The summed E-state index contributed by atoms with van der Waals surface area (Å²) in [4.78, 5) is 17.9. The maximum atomic E-state index is 12.6. The molecule has 2 amide bonds. The van der Waals surface area contributed by atoms with Crippen molar-refractivity contribution in [3.05, 3.63) is 59.7 Å². The lowest BCUT2D eigenvalue weighted by molar-refractivity contribution is 0.220. The molecule has 0 aliphatic carbocycles. The van der Waals surface area contributed by atoms with Crippen LogP contribution in [0.5, 0.6) is 0 Å². The molecule has 5 heteroatoms. The van der Waals surface area contributed by atoms with Crippen LogP contribution < -0.4 is 5.32 Å². The third-order valence-corrected chi connectivity index (χ3v) is 5.51. The summed E-state index contributed by atoms with van der Waals surface area (Å²) in [7, 11) is 1.85. The Morgan fingerprint density at radius 2 is 1.85 bits per heavy atom. The van der Waals surface area contributed by atoms with E-state index in [1.807, 2.05) is 37.6 Å². The van der Waals surface area contributed by atoms with Crippen molar-refractivity contribution in [1.29, 1.82) is 0 Å². The molecule has 0 saturated carbocycles. The molecule has 4 nitrogen and oxygen atoms in total. The summed E-state index contributed by atoms with van der Waals surface area (Å²) in [6, 6.07) is 16.3. The number of carbonyl (C=O) groups excluding carboxylic acids is 1. The number of benzene rings is 2. The second-order valence-corrected chi connectivity index (χ2v) is 7.65. The molecule has 1 aliphatic heterocycles. The molecule has 2 aromatic carbocycles. The molecule has 2 aromatic rings. The van der Waals surface area contributed by atoms with E-state index in [1.165, 1.54) is 37.1 Å². The number of anilines is 1. The average molecular weight is 370 g/mol. The summed E-state index contributed by atoms with van der Waals surface area (Å²) in [6.45, 7) is 3.94. The smallest absolute Gasteiger partial charge is 0.321 e. The number of nitrogens with one attached hydrogen (secondary N) is 1. The van der Waals surface area contributed by atoms with Crippen molar-refractivity contribution in [3.8, 4) is 0 Å². The van der Waals surface area contributed by atoms with E-state index in [4.69, 9.17) is 0 Å². The van der Waals surface area contributed by atoms with E-state index in [1.54, 1.807) is 16.7 Å². The van der Waals surface area contributed by atoms with Gasteiger partial charge in [0, 0.05) is 30.7 Å². The molecule has 1 N–H and O–H groups in total. The predicted octanol–water partition coefficient (Wildman–Crippen LogP) is 4.67. The number of carbonyl (C=O) groups is 1. The number of hydrogen-bond acceptors (Lipinski definition) is 3. The number of hydrogen-bond donors (Lipinski definition) is 1. The Bertz CT molecular complexity index is 744. The van der Waals surface area contributed by atoms with Crippen LogP contribution in [0.2, 0.25) is 0 Å². The largest absolute Gasteiger partial charge is 0.323 e. The molecule has 3 rings (SSSR count). The minimum Gasteiger partial charge on any atom is -0.323 e. The van der Waals surface area contributed by atoms with Crippen molar-refractivity contribution >= 4 is 23.5 Å². The molecule has 0 radical (unpaired) electrons. The van der Waals surface area contributed by atoms with Gasteiger partial charge in [-0.3, -0.25) is 4.90 Å². The van der Waals surface area contributed by atoms with Gasteiger partial charge < -0.3 is 10.2 Å².